The van der Waals surface area contributed by atoms with Gasteiger partial charge in [-0.05, 0) is 67.1 Å². The van der Waals surface area contributed by atoms with Gasteiger partial charge in [-0.15, -0.1) is 0 Å². The molecule has 4 aliphatic rings. The quantitative estimate of drug-likeness (QED) is 0.707. The lowest BCUT2D eigenvalue weighted by atomic mass is 9.47. The average molecular weight is 222 g/mol. The summed E-state index contributed by atoms with van der Waals surface area (Å²) in [5, 5.41) is 0. The van der Waals surface area contributed by atoms with E-state index in [1.54, 1.807) is 6.42 Å². The van der Waals surface area contributed by atoms with Crippen LogP contribution in [-0.2, 0) is 4.74 Å². The van der Waals surface area contributed by atoms with E-state index >= 15 is 0 Å². The first kappa shape index (κ1) is 11.1. The second kappa shape index (κ2) is 3.73. The third-order valence-electron chi connectivity index (χ3n) is 5.65. The lowest BCUT2D eigenvalue weighted by Crippen LogP contribution is -2.51. The second-order valence-electron chi connectivity index (χ2n) is 7.38. The molecule has 0 atom stereocenters. The van der Waals surface area contributed by atoms with Gasteiger partial charge >= 0.3 is 0 Å². The Bertz CT molecular complexity index is 241. The highest BCUT2D eigenvalue weighted by molar-refractivity contribution is 5.02. The molecule has 0 aromatic heterocycles. The van der Waals surface area contributed by atoms with Crippen molar-refractivity contribution in [2.75, 3.05) is 13.7 Å². The molecule has 4 bridgehead atoms. The fourth-order valence-corrected chi connectivity index (χ4v) is 5.67. The van der Waals surface area contributed by atoms with Crippen molar-refractivity contribution in [3.8, 4) is 0 Å². The van der Waals surface area contributed by atoms with E-state index in [0.29, 0.717) is 5.41 Å². The van der Waals surface area contributed by atoms with E-state index in [1.807, 2.05) is 7.11 Å². The van der Waals surface area contributed by atoms with Gasteiger partial charge in [-0.2, -0.15) is 0 Å². The van der Waals surface area contributed by atoms with E-state index < -0.39 is 0 Å². The van der Waals surface area contributed by atoms with E-state index in [2.05, 4.69) is 13.8 Å². The van der Waals surface area contributed by atoms with E-state index in [1.165, 1.54) is 25.7 Å². The predicted octanol–water partition coefficient (Wildman–Crippen LogP) is 3.73. The zero-order valence-electron chi connectivity index (χ0n) is 11.0. The fourth-order valence-electron chi connectivity index (χ4n) is 5.67. The van der Waals surface area contributed by atoms with Gasteiger partial charge < -0.3 is 4.74 Å². The van der Waals surface area contributed by atoms with Gasteiger partial charge in [0.05, 0.1) is 6.61 Å². The summed E-state index contributed by atoms with van der Waals surface area (Å²) in [7, 11) is 1.86. The monoisotopic (exact) mass is 222 g/mol. The minimum Gasteiger partial charge on any atom is -0.384 e. The Morgan fingerprint density at radius 3 is 1.88 bits per heavy atom. The number of hydrogen-bond acceptors (Lipinski definition) is 1. The molecule has 0 saturated heterocycles. The summed E-state index contributed by atoms with van der Waals surface area (Å²) in [6.45, 7) is 5.81. The van der Waals surface area contributed by atoms with E-state index in [-0.39, 0.29) is 0 Å². The molecule has 1 heteroatoms. The third kappa shape index (κ3) is 1.63. The predicted molar refractivity (Wildman–Crippen MR) is 66.2 cm³/mol. The summed E-state index contributed by atoms with van der Waals surface area (Å²) in [5.74, 6) is 5.19. The van der Waals surface area contributed by atoms with Crippen LogP contribution in [0.4, 0.5) is 0 Å². The largest absolute Gasteiger partial charge is 0.384 e. The van der Waals surface area contributed by atoms with Crippen molar-refractivity contribution < 1.29 is 4.74 Å². The molecule has 0 spiro atoms. The van der Waals surface area contributed by atoms with Gasteiger partial charge in [0.25, 0.3) is 0 Å². The Kier molecular flexibility index (Phi) is 2.58. The Labute approximate surface area is 99.9 Å². The van der Waals surface area contributed by atoms with Crippen LogP contribution in [0.1, 0.15) is 46.0 Å². The highest BCUT2D eigenvalue weighted by Gasteiger charge is 2.52. The van der Waals surface area contributed by atoms with Gasteiger partial charge in [-0.3, -0.25) is 0 Å². The van der Waals surface area contributed by atoms with Gasteiger partial charge in [-0.25, -0.2) is 0 Å². The van der Waals surface area contributed by atoms with Crippen molar-refractivity contribution in [3.63, 3.8) is 0 Å². The molecule has 4 rings (SSSR count). The van der Waals surface area contributed by atoms with Crippen LogP contribution in [0.15, 0.2) is 0 Å². The van der Waals surface area contributed by atoms with Crippen molar-refractivity contribution in [2.24, 2.45) is 35.0 Å². The first-order chi connectivity index (χ1) is 7.60. The SMILES string of the molecule is COCC(C)(C)C1C2CC3CC(C2)CC1C3. The lowest BCUT2D eigenvalue weighted by molar-refractivity contribution is -0.104. The topological polar surface area (TPSA) is 9.23 Å². The molecule has 0 N–H and O–H groups in total. The smallest absolute Gasteiger partial charge is 0.0516 e. The van der Waals surface area contributed by atoms with Crippen molar-refractivity contribution in [3.05, 3.63) is 0 Å². The summed E-state index contributed by atoms with van der Waals surface area (Å²) < 4.78 is 5.46. The Hall–Kier alpha value is -0.0400. The standard InChI is InChI=1S/C15H26O/c1-15(2,9-16-3)14-12-5-10-4-11(7-12)8-13(14)6-10/h10-14H,4-9H2,1-3H3. The summed E-state index contributed by atoms with van der Waals surface area (Å²) in [4.78, 5) is 0. The molecule has 4 aliphatic carbocycles. The summed E-state index contributed by atoms with van der Waals surface area (Å²) in [6, 6.07) is 0. The van der Waals surface area contributed by atoms with Crippen LogP contribution in [0.3, 0.4) is 0 Å². The van der Waals surface area contributed by atoms with Crippen LogP contribution in [-0.4, -0.2) is 13.7 Å². The molecule has 16 heavy (non-hydrogen) atoms. The van der Waals surface area contributed by atoms with Crippen LogP contribution in [0.2, 0.25) is 0 Å². The molecule has 0 unspecified atom stereocenters. The first-order valence-corrected chi connectivity index (χ1v) is 7.09. The Balaban J connectivity index is 1.81. The van der Waals surface area contributed by atoms with Crippen molar-refractivity contribution in [2.45, 2.75) is 46.0 Å². The minimum atomic E-state index is 0.400. The maximum absolute atomic E-state index is 5.46. The van der Waals surface area contributed by atoms with Crippen molar-refractivity contribution >= 4 is 0 Å². The maximum atomic E-state index is 5.46. The van der Waals surface area contributed by atoms with E-state index in [9.17, 15) is 0 Å². The van der Waals surface area contributed by atoms with E-state index in [0.717, 1.165) is 36.2 Å². The molecule has 0 aliphatic heterocycles. The molecule has 0 radical (unpaired) electrons. The average Bonchev–Trinajstić information content (AvgIpc) is 2.14. The molecule has 1 nitrogen and oxygen atoms in total. The van der Waals surface area contributed by atoms with Crippen LogP contribution >= 0.6 is 0 Å². The lowest BCUT2D eigenvalue weighted by Gasteiger charge is -2.58. The molecule has 4 saturated carbocycles. The summed E-state index contributed by atoms with van der Waals surface area (Å²) in [6.07, 6.45) is 7.69. The number of methoxy groups -OCH3 is 1. The molecular formula is C15H26O. The van der Waals surface area contributed by atoms with Gasteiger partial charge in [0.15, 0.2) is 0 Å². The van der Waals surface area contributed by atoms with Crippen LogP contribution in [0.5, 0.6) is 0 Å². The summed E-state index contributed by atoms with van der Waals surface area (Å²) in [5.41, 5.74) is 0.400. The molecular weight excluding hydrogens is 196 g/mol. The van der Waals surface area contributed by atoms with Gasteiger partial charge in [-0.1, -0.05) is 13.8 Å². The molecule has 4 fully saturated rings. The Morgan fingerprint density at radius 2 is 1.44 bits per heavy atom. The molecule has 0 heterocycles. The van der Waals surface area contributed by atoms with Crippen molar-refractivity contribution in [1.82, 2.24) is 0 Å². The van der Waals surface area contributed by atoms with Crippen LogP contribution < -0.4 is 0 Å². The summed E-state index contributed by atoms with van der Waals surface area (Å²) >= 11 is 0. The second-order valence-corrected chi connectivity index (χ2v) is 7.38. The number of hydrogen-bond donors (Lipinski definition) is 0. The third-order valence-corrected chi connectivity index (χ3v) is 5.65. The zero-order chi connectivity index (χ0) is 11.3. The van der Waals surface area contributed by atoms with Gasteiger partial charge in [0, 0.05) is 7.11 Å². The number of rotatable bonds is 3. The fraction of sp³-hybridized carbons (Fsp3) is 1.00. The minimum absolute atomic E-state index is 0.400. The van der Waals surface area contributed by atoms with Gasteiger partial charge in [0.2, 0.25) is 0 Å². The van der Waals surface area contributed by atoms with E-state index in [4.69, 9.17) is 4.74 Å². The zero-order valence-corrected chi connectivity index (χ0v) is 11.0. The Morgan fingerprint density at radius 1 is 0.938 bits per heavy atom. The highest BCUT2D eigenvalue weighted by atomic mass is 16.5. The molecule has 0 aromatic rings. The van der Waals surface area contributed by atoms with Crippen LogP contribution in [0, 0.1) is 35.0 Å². The highest BCUT2D eigenvalue weighted by Crippen LogP contribution is 2.60. The molecule has 0 aromatic carbocycles. The number of ether oxygens (including phenoxy) is 1. The molecule has 0 amide bonds. The first-order valence-electron chi connectivity index (χ1n) is 7.09. The van der Waals surface area contributed by atoms with Crippen LogP contribution in [0.25, 0.3) is 0 Å². The van der Waals surface area contributed by atoms with Gasteiger partial charge in [0.1, 0.15) is 0 Å². The molecule has 92 valence electrons. The van der Waals surface area contributed by atoms with Crippen molar-refractivity contribution in [1.29, 1.82) is 0 Å². The normalized spacial score (nSPS) is 46.3. The maximum Gasteiger partial charge on any atom is 0.0516 e.